The highest BCUT2D eigenvalue weighted by atomic mass is 15.0. The van der Waals surface area contributed by atoms with Gasteiger partial charge in [-0.15, -0.1) is 0 Å². The molecule has 0 aliphatic carbocycles. The van der Waals surface area contributed by atoms with E-state index in [0.717, 1.165) is 72.6 Å². The van der Waals surface area contributed by atoms with Crippen LogP contribution in [0.15, 0.2) is 219 Å². The van der Waals surface area contributed by atoms with Crippen LogP contribution in [0.5, 0.6) is 0 Å². The summed E-state index contributed by atoms with van der Waals surface area (Å²) in [4.78, 5) is 24.1. The molecule has 0 unspecified atom stereocenters. The summed E-state index contributed by atoms with van der Waals surface area (Å²) in [7, 11) is 0. The first kappa shape index (κ1) is 37.5. The standard InChI is InChI=1S/C54H40N6/c55-50(51-34-31-48(37-57-51)39-15-7-2-8-16-39)35-46(38-13-5-1-6-14-38)29-32-49-33-30-47(36-56-49)42-23-21-40(22-24-42)41-25-27-45(28-26-41)54-59-52(43-17-9-3-10-18-43)58-53(60-54)44-19-11-4-12-20-44/h1-31,33-37H,32,55H2/b46-29+,50-35-. The second kappa shape index (κ2) is 17.6. The lowest BCUT2D eigenvalue weighted by Crippen LogP contribution is -2.00. The number of nitrogens with two attached hydrogens (primary N) is 1. The maximum atomic E-state index is 6.64. The van der Waals surface area contributed by atoms with Crippen LogP contribution in [0.2, 0.25) is 0 Å². The number of allylic oxidation sites excluding steroid dienone is 3. The van der Waals surface area contributed by atoms with Crippen molar-refractivity contribution in [3.8, 4) is 67.5 Å². The van der Waals surface area contributed by atoms with Crippen LogP contribution in [0, 0.1) is 0 Å². The van der Waals surface area contributed by atoms with Crippen LogP contribution in [-0.2, 0) is 6.42 Å². The van der Waals surface area contributed by atoms with Crippen LogP contribution < -0.4 is 5.73 Å². The number of benzene rings is 6. The molecule has 6 aromatic carbocycles. The Morgan fingerprint density at radius 2 is 0.767 bits per heavy atom. The zero-order chi connectivity index (χ0) is 40.5. The molecule has 286 valence electrons. The predicted molar refractivity (Wildman–Crippen MR) is 245 cm³/mol. The Morgan fingerprint density at radius 3 is 1.23 bits per heavy atom. The van der Waals surface area contributed by atoms with Gasteiger partial charge in [0.1, 0.15) is 0 Å². The van der Waals surface area contributed by atoms with Gasteiger partial charge in [0.15, 0.2) is 17.5 Å². The zero-order valence-corrected chi connectivity index (χ0v) is 32.8. The summed E-state index contributed by atoms with van der Waals surface area (Å²) in [5, 5.41) is 0. The van der Waals surface area contributed by atoms with E-state index in [1.165, 1.54) is 0 Å². The van der Waals surface area contributed by atoms with Crippen molar-refractivity contribution in [2.75, 3.05) is 0 Å². The van der Waals surface area contributed by atoms with Crippen LogP contribution in [0.1, 0.15) is 17.0 Å². The number of aromatic nitrogens is 5. The van der Waals surface area contributed by atoms with Gasteiger partial charge in [-0.25, -0.2) is 15.0 Å². The molecule has 3 heterocycles. The Hall–Kier alpha value is -8.09. The van der Waals surface area contributed by atoms with Crippen molar-refractivity contribution in [3.63, 3.8) is 0 Å². The molecule has 0 fully saturated rings. The molecule has 0 aliphatic heterocycles. The first-order valence-electron chi connectivity index (χ1n) is 19.9. The van der Waals surface area contributed by atoms with Gasteiger partial charge in [0.25, 0.3) is 0 Å². The molecule has 0 aliphatic rings. The maximum Gasteiger partial charge on any atom is 0.164 e. The van der Waals surface area contributed by atoms with Crippen LogP contribution in [0.4, 0.5) is 0 Å². The van der Waals surface area contributed by atoms with E-state index in [0.29, 0.717) is 29.6 Å². The quantitative estimate of drug-likeness (QED) is 0.132. The highest BCUT2D eigenvalue weighted by Crippen LogP contribution is 2.29. The largest absolute Gasteiger partial charge is 0.397 e. The van der Waals surface area contributed by atoms with Crippen molar-refractivity contribution in [1.29, 1.82) is 0 Å². The summed E-state index contributed by atoms with van der Waals surface area (Å²) in [6.45, 7) is 0. The molecule has 9 aromatic rings. The van der Waals surface area contributed by atoms with E-state index in [9.17, 15) is 0 Å². The first-order chi connectivity index (χ1) is 29.6. The van der Waals surface area contributed by atoms with Crippen molar-refractivity contribution in [2.45, 2.75) is 6.42 Å². The van der Waals surface area contributed by atoms with E-state index in [-0.39, 0.29) is 0 Å². The highest BCUT2D eigenvalue weighted by Gasteiger charge is 2.13. The molecular formula is C54H40N6. The number of rotatable bonds is 11. The average molecular weight is 773 g/mol. The Balaban J connectivity index is 0.899. The number of nitrogens with zero attached hydrogens (tertiary/aromatic N) is 5. The van der Waals surface area contributed by atoms with Crippen molar-refractivity contribution in [1.82, 2.24) is 24.9 Å². The zero-order valence-electron chi connectivity index (χ0n) is 32.8. The predicted octanol–water partition coefficient (Wildman–Crippen LogP) is 12.3. The smallest absolute Gasteiger partial charge is 0.164 e. The summed E-state index contributed by atoms with van der Waals surface area (Å²) in [5.41, 5.74) is 20.4. The van der Waals surface area contributed by atoms with Gasteiger partial charge in [-0.2, -0.15) is 0 Å². The lowest BCUT2D eigenvalue weighted by molar-refractivity contribution is 1.07. The summed E-state index contributed by atoms with van der Waals surface area (Å²) in [6, 6.07) is 65.8. The van der Waals surface area contributed by atoms with E-state index in [1.54, 1.807) is 0 Å². The van der Waals surface area contributed by atoms with Crippen LogP contribution >= 0.6 is 0 Å². The van der Waals surface area contributed by atoms with Crippen LogP contribution in [0.25, 0.3) is 78.8 Å². The number of hydrogen-bond acceptors (Lipinski definition) is 6. The molecule has 60 heavy (non-hydrogen) atoms. The van der Waals surface area contributed by atoms with Crippen molar-refractivity contribution >= 4 is 11.3 Å². The molecule has 0 amide bonds. The molecule has 0 atom stereocenters. The van der Waals surface area contributed by atoms with Crippen molar-refractivity contribution in [2.24, 2.45) is 5.73 Å². The van der Waals surface area contributed by atoms with E-state index in [2.05, 4.69) is 102 Å². The first-order valence-corrected chi connectivity index (χ1v) is 19.9. The van der Waals surface area contributed by atoms with Gasteiger partial charge in [-0.05, 0) is 51.6 Å². The second-order valence-electron chi connectivity index (χ2n) is 14.4. The number of hydrogen-bond donors (Lipinski definition) is 1. The minimum atomic E-state index is 0.602. The summed E-state index contributed by atoms with van der Waals surface area (Å²) < 4.78 is 0. The summed E-state index contributed by atoms with van der Waals surface area (Å²) >= 11 is 0. The summed E-state index contributed by atoms with van der Waals surface area (Å²) in [6.07, 6.45) is 8.64. The molecule has 0 spiro atoms. The fourth-order valence-electron chi connectivity index (χ4n) is 7.03. The minimum absolute atomic E-state index is 0.602. The Morgan fingerprint density at radius 1 is 0.383 bits per heavy atom. The third kappa shape index (κ3) is 8.74. The van der Waals surface area contributed by atoms with E-state index in [1.807, 2.05) is 122 Å². The van der Waals surface area contributed by atoms with Gasteiger partial charge in [0, 0.05) is 52.3 Å². The lowest BCUT2D eigenvalue weighted by atomic mass is 9.99. The van der Waals surface area contributed by atoms with E-state index < -0.39 is 0 Å². The maximum absolute atomic E-state index is 6.64. The molecule has 3 aromatic heterocycles. The van der Waals surface area contributed by atoms with Gasteiger partial charge in [-0.1, -0.05) is 188 Å². The molecule has 0 radical (unpaired) electrons. The SMILES string of the molecule is N/C(=C\C(=C/Cc1ccc(-c2ccc(-c3ccc(-c4nc(-c5ccccc5)nc(-c5ccccc5)n4)cc3)cc2)cn1)c1ccccc1)c1ccc(-c2ccccc2)cn1. The third-order valence-corrected chi connectivity index (χ3v) is 10.3. The molecule has 0 bridgehead atoms. The molecule has 0 saturated heterocycles. The van der Waals surface area contributed by atoms with E-state index >= 15 is 0 Å². The molecule has 6 heteroatoms. The Kier molecular flexibility index (Phi) is 11.0. The van der Waals surface area contributed by atoms with Gasteiger partial charge in [-0.3, -0.25) is 9.97 Å². The fraction of sp³-hybridized carbons (Fsp3) is 0.0185. The second-order valence-corrected chi connectivity index (χ2v) is 14.4. The lowest BCUT2D eigenvalue weighted by Gasteiger charge is -2.09. The third-order valence-electron chi connectivity index (χ3n) is 10.3. The Bertz CT molecular complexity index is 2820. The highest BCUT2D eigenvalue weighted by molar-refractivity contribution is 5.83. The van der Waals surface area contributed by atoms with Gasteiger partial charge in [0.05, 0.1) is 11.4 Å². The molecule has 0 saturated carbocycles. The van der Waals surface area contributed by atoms with Crippen molar-refractivity contribution < 1.29 is 0 Å². The number of pyridine rings is 2. The Labute approximate surface area is 350 Å². The van der Waals surface area contributed by atoms with E-state index in [4.69, 9.17) is 25.7 Å². The molecular weight excluding hydrogens is 733 g/mol. The topological polar surface area (TPSA) is 90.5 Å². The summed E-state index contributed by atoms with van der Waals surface area (Å²) in [5.74, 6) is 1.93. The fourth-order valence-corrected chi connectivity index (χ4v) is 7.03. The molecule has 6 nitrogen and oxygen atoms in total. The van der Waals surface area contributed by atoms with Crippen LogP contribution in [-0.4, -0.2) is 24.9 Å². The minimum Gasteiger partial charge on any atom is -0.397 e. The van der Waals surface area contributed by atoms with Gasteiger partial charge >= 0.3 is 0 Å². The monoisotopic (exact) mass is 772 g/mol. The average Bonchev–Trinajstić information content (AvgIpc) is 3.34. The molecule has 2 N–H and O–H groups in total. The normalized spacial score (nSPS) is 11.7. The molecule has 9 rings (SSSR count). The van der Waals surface area contributed by atoms with Crippen molar-refractivity contribution in [3.05, 3.63) is 236 Å². The van der Waals surface area contributed by atoms with Gasteiger partial charge < -0.3 is 5.73 Å². The van der Waals surface area contributed by atoms with Crippen LogP contribution in [0.3, 0.4) is 0 Å². The van der Waals surface area contributed by atoms with Gasteiger partial charge in [0.2, 0.25) is 0 Å².